The number of para-hydroxylation sites is 1. The third-order valence-electron chi connectivity index (χ3n) is 2.42. The number of halogens is 1. The van der Waals surface area contributed by atoms with E-state index < -0.39 is 0 Å². The van der Waals surface area contributed by atoms with E-state index in [0.717, 1.165) is 5.69 Å². The fourth-order valence-corrected chi connectivity index (χ4v) is 1.49. The van der Waals surface area contributed by atoms with Gasteiger partial charge in [0.05, 0.1) is 12.3 Å². The Balaban J connectivity index is 1.90. The fourth-order valence-electron chi connectivity index (χ4n) is 1.49. The SMILES string of the molecule is Cn1nc(CCOc2ccccc2F)cc1N. The van der Waals surface area contributed by atoms with Gasteiger partial charge in [0.1, 0.15) is 5.82 Å². The van der Waals surface area contributed by atoms with Crippen molar-refractivity contribution in [3.8, 4) is 5.75 Å². The summed E-state index contributed by atoms with van der Waals surface area (Å²) in [4.78, 5) is 0. The lowest BCUT2D eigenvalue weighted by molar-refractivity contribution is 0.304. The van der Waals surface area contributed by atoms with Crippen LogP contribution >= 0.6 is 0 Å². The first kappa shape index (κ1) is 11.4. The van der Waals surface area contributed by atoms with Crippen LogP contribution in [-0.4, -0.2) is 16.4 Å². The summed E-state index contributed by atoms with van der Waals surface area (Å²) in [6, 6.07) is 8.11. The predicted octanol–water partition coefficient (Wildman–Crippen LogP) is 1.76. The van der Waals surface area contributed by atoms with Gasteiger partial charge in [-0.15, -0.1) is 0 Å². The highest BCUT2D eigenvalue weighted by atomic mass is 19.1. The highest BCUT2D eigenvalue weighted by Crippen LogP contribution is 2.15. The average Bonchev–Trinajstić information content (AvgIpc) is 2.61. The third-order valence-corrected chi connectivity index (χ3v) is 2.42. The maximum Gasteiger partial charge on any atom is 0.165 e. The molecule has 1 aromatic heterocycles. The number of anilines is 1. The van der Waals surface area contributed by atoms with Crippen molar-refractivity contribution in [1.29, 1.82) is 0 Å². The minimum atomic E-state index is -0.354. The van der Waals surface area contributed by atoms with Gasteiger partial charge in [0, 0.05) is 19.5 Å². The number of nitrogens with two attached hydrogens (primary N) is 1. The van der Waals surface area contributed by atoms with E-state index in [0.29, 0.717) is 18.8 Å². The molecule has 0 fully saturated rings. The Labute approximate surface area is 98.8 Å². The van der Waals surface area contributed by atoms with E-state index in [1.54, 1.807) is 36.0 Å². The predicted molar refractivity (Wildman–Crippen MR) is 63.2 cm³/mol. The van der Waals surface area contributed by atoms with Gasteiger partial charge in [-0.2, -0.15) is 5.10 Å². The van der Waals surface area contributed by atoms with Crippen molar-refractivity contribution in [3.63, 3.8) is 0 Å². The second-order valence-corrected chi connectivity index (χ2v) is 3.71. The molecule has 1 heterocycles. The molecule has 0 bridgehead atoms. The summed E-state index contributed by atoms with van der Waals surface area (Å²) in [5, 5.41) is 4.18. The molecule has 4 nitrogen and oxygen atoms in total. The molecule has 0 saturated carbocycles. The van der Waals surface area contributed by atoms with Gasteiger partial charge in [-0.3, -0.25) is 4.68 Å². The average molecular weight is 235 g/mol. The molecule has 17 heavy (non-hydrogen) atoms. The van der Waals surface area contributed by atoms with E-state index in [4.69, 9.17) is 10.5 Å². The lowest BCUT2D eigenvalue weighted by Gasteiger charge is -2.05. The van der Waals surface area contributed by atoms with Crippen molar-refractivity contribution in [3.05, 3.63) is 41.8 Å². The van der Waals surface area contributed by atoms with Crippen molar-refractivity contribution in [2.75, 3.05) is 12.3 Å². The van der Waals surface area contributed by atoms with Crippen LogP contribution in [0.3, 0.4) is 0 Å². The Hall–Kier alpha value is -2.04. The van der Waals surface area contributed by atoms with Crippen LogP contribution in [0.4, 0.5) is 10.2 Å². The molecule has 1 aromatic carbocycles. The maximum absolute atomic E-state index is 13.2. The lowest BCUT2D eigenvalue weighted by Crippen LogP contribution is -2.03. The van der Waals surface area contributed by atoms with Crippen molar-refractivity contribution < 1.29 is 9.13 Å². The van der Waals surface area contributed by atoms with E-state index in [9.17, 15) is 4.39 Å². The second kappa shape index (κ2) is 4.86. The van der Waals surface area contributed by atoms with Gasteiger partial charge >= 0.3 is 0 Å². The van der Waals surface area contributed by atoms with Gasteiger partial charge in [0.15, 0.2) is 11.6 Å². The normalized spacial score (nSPS) is 10.5. The summed E-state index contributed by atoms with van der Waals surface area (Å²) >= 11 is 0. The number of aromatic nitrogens is 2. The minimum absolute atomic E-state index is 0.261. The molecule has 0 saturated heterocycles. The fraction of sp³-hybridized carbons (Fsp3) is 0.250. The molecule has 2 rings (SSSR count). The van der Waals surface area contributed by atoms with Crippen LogP contribution < -0.4 is 10.5 Å². The molecule has 5 heteroatoms. The highest BCUT2D eigenvalue weighted by Gasteiger charge is 2.04. The van der Waals surface area contributed by atoms with Gasteiger partial charge in [0.25, 0.3) is 0 Å². The van der Waals surface area contributed by atoms with E-state index in [1.807, 2.05) is 0 Å². The number of hydrogen-bond acceptors (Lipinski definition) is 3. The summed E-state index contributed by atoms with van der Waals surface area (Å²) in [6.45, 7) is 0.372. The summed E-state index contributed by atoms with van der Waals surface area (Å²) in [7, 11) is 1.77. The second-order valence-electron chi connectivity index (χ2n) is 3.71. The first-order chi connectivity index (χ1) is 8.16. The molecule has 0 amide bonds. The van der Waals surface area contributed by atoms with Crippen molar-refractivity contribution in [2.24, 2.45) is 7.05 Å². The van der Waals surface area contributed by atoms with Crippen LogP contribution in [0.25, 0.3) is 0 Å². The van der Waals surface area contributed by atoms with Crippen LogP contribution in [0.15, 0.2) is 30.3 Å². The number of aryl methyl sites for hydroxylation is 1. The number of hydrogen-bond donors (Lipinski definition) is 1. The van der Waals surface area contributed by atoms with Crippen LogP contribution in [0.2, 0.25) is 0 Å². The van der Waals surface area contributed by atoms with Gasteiger partial charge in [-0.1, -0.05) is 12.1 Å². The number of benzene rings is 1. The van der Waals surface area contributed by atoms with E-state index in [-0.39, 0.29) is 11.6 Å². The van der Waals surface area contributed by atoms with Gasteiger partial charge in [-0.05, 0) is 12.1 Å². The zero-order chi connectivity index (χ0) is 12.3. The molecule has 0 spiro atoms. The Morgan fingerprint density at radius 3 is 2.82 bits per heavy atom. The Morgan fingerprint density at radius 2 is 2.18 bits per heavy atom. The van der Waals surface area contributed by atoms with Crippen molar-refractivity contribution in [1.82, 2.24) is 9.78 Å². The monoisotopic (exact) mass is 235 g/mol. The number of rotatable bonds is 4. The first-order valence-electron chi connectivity index (χ1n) is 5.32. The van der Waals surface area contributed by atoms with E-state index in [1.165, 1.54) is 6.07 Å². The molecule has 0 atom stereocenters. The van der Waals surface area contributed by atoms with Crippen LogP contribution in [0.5, 0.6) is 5.75 Å². The van der Waals surface area contributed by atoms with Crippen LogP contribution in [-0.2, 0) is 13.5 Å². The highest BCUT2D eigenvalue weighted by molar-refractivity contribution is 5.30. The molecule has 0 unspecified atom stereocenters. The molecule has 0 aliphatic heterocycles. The largest absolute Gasteiger partial charge is 0.490 e. The van der Waals surface area contributed by atoms with Crippen LogP contribution in [0, 0.1) is 5.82 Å². The smallest absolute Gasteiger partial charge is 0.165 e. The van der Waals surface area contributed by atoms with Crippen molar-refractivity contribution in [2.45, 2.75) is 6.42 Å². The third kappa shape index (κ3) is 2.75. The molecule has 0 aliphatic rings. The molecule has 2 N–H and O–H groups in total. The summed E-state index contributed by atoms with van der Waals surface area (Å²) in [5.74, 6) is 0.510. The first-order valence-corrected chi connectivity index (χ1v) is 5.32. The number of nitrogen functional groups attached to an aromatic ring is 1. The number of ether oxygens (including phenoxy) is 1. The van der Waals surface area contributed by atoms with Gasteiger partial charge < -0.3 is 10.5 Å². The molecular weight excluding hydrogens is 221 g/mol. The number of nitrogens with zero attached hydrogens (tertiary/aromatic N) is 2. The summed E-state index contributed by atoms with van der Waals surface area (Å²) in [5.41, 5.74) is 6.48. The van der Waals surface area contributed by atoms with Gasteiger partial charge in [0.2, 0.25) is 0 Å². The molecule has 2 aromatic rings. The minimum Gasteiger partial charge on any atom is -0.490 e. The standard InChI is InChI=1S/C12H14FN3O/c1-16-12(14)8-9(15-16)6-7-17-11-5-3-2-4-10(11)13/h2-5,8H,6-7,14H2,1H3. The van der Waals surface area contributed by atoms with Crippen molar-refractivity contribution >= 4 is 5.82 Å². The lowest BCUT2D eigenvalue weighted by atomic mass is 10.3. The Kier molecular flexibility index (Phi) is 3.27. The maximum atomic E-state index is 13.2. The Bertz CT molecular complexity index is 491. The molecule has 0 aliphatic carbocycles. The van der Waals surface area contributed by atoms with E-state index in [2.05, 4.69) is 5.10 Å². The molecule has 90 valence electrons. The summed E-state index contributed by atoms with van der Waals surface area (Å²) in [6.07, 6.45) is 0.597. The van der Waals surface area contributed by atoms with Crippen LogP contribution in [0.1, 0.15) is 5.69 Å². The van der Waals surface area contributed by atoms with E-state index >= 15 is 0 Å². The Morgan fingerprint density at radius 1 is 1.41 bits per heavy atom. The zero-order valence-corrected chi connectivity index (χ0v) is 9.56. The molecular formula is C12H14FN3O. The van der Waals surface area contributed by atoms with Gasteiger partial charge in [-0.25, -0.2) is 4.39 Å². The summed E-state index contributed by atoms with van der Waals surface area (Å²) < 4.78 is 20.1. The quantitative estimate of drug-likeness (QED) is 0.878. The zero-order valence-electron chi connectivity index (χ0n) is 9.56. The molecule has 0 radical (unpaired) electrons. The topological polar surface area (TPSA) is 53.1 Å².